The maximum Gasteiger partial charge on any atom is 0.262 e. The predicted octanol–water partition coefficient (Wildman–Crippen LogP) is 5.00. The quantitative estimate of drug-likeness (QED) is 0.345. The largest absolute Gasteiger partial charge is 0.376 e. The molecule has 0 radical (unpaired) electrons. The number of H-pyrrole nitrogens is 1. The molecule has 244 valence electrons. The molecule has 3 fully saturated rings. The van der Waals surface area contributed by atoms with Crippen LogP contribution in [0.1, 0.15) is 43.5 Å². The van der Waals surface area contributed by atoms with E-state index in [1.54, 1.807) is 11.1 Å². The molecule has 10 nitrogen and oxygen atoms in total. The number of piperidine rings is 1. The van der Waals surface area contributed by atoms with Crippen molar-refractivity contribution in [2.75, 3.05) is 64.0 Å². The smallest absolute Gasteiger partial charge is 0.262 e. The number of benzene rings is 1. The molecule has 3 aliphatic heterocycles. The number of aryl methyl sites for hydroxylation is 1. The summed E-state index contributed by atoms with van der Waals surface area (Å²) in [5.41, 5.74) is 2.52. The Morgan fingerprint density at radius 2 is 2.00 bits per heavy atom. The highest BCUT2D eigenvalue weighted by Gasteiger charge is 2.50. The summed E-state index contributed by atoms with van der Waals surface area (Å²) in [6.07, 6.45) is 1.90. The van der Waals surface area contributed by atoms with Crippen LogP contribution in [-0.2, 0) is 14.3 Å². The number of piperazine rings is 1. The van der Waals surface area contributed by atoms with E-state index in [0.717, 1.165) is 33.3 Å². The summed E-state index contributed by atoms with van der Waals surface area (Å²) in [7, 11) is 0. The van der Waals surface area contributed by atoms with Crippen LogP contribution in [0.4, 0.5) is 14.6 Å². The molecule has 0 aliphatic carbocycles. The summed E-state index contributed by atoms with van der Waals surface area (Å²) in [4.78, 5) is 18.0. The number of likely N-dealkylation sites (tertiary alicyclic amines) is 1. The molecule has 2 aromatic heterocycles. The van der Waals surface area contributed by atoms with Crippen LogP contribution in [0.15, 0.2) is 24.9 Å². The minimum Gasteiger partial charge on any atom is -0.376 e. The molecule has 0 bridgehead atoms. The first-order valence-corrected chi connectivity index (χ1v) is 16.2. The van der Waals surface area contributed by atoms with Gasteiger partial charge in [0.05, 0.1) is 48.7 Å². The van der Waals surface area contributed by atoms with Gasteiger partial charge in [-0.2, -0.15) is 10.2 Å². The number of amides is 1. The number of fused-ring (bicyclic) bond motifs is 1. The van der Waals surface area contributed by atoms with Gasteiger partial charge in [-0.25, -0.2) is 8.78 Å². The van der Waals surface area contributed by atoms with E-state index in [4.69, 9.17) is 26.2 Å². The van der Waals surface area contributed by atoms with Crippen molar-refractivity contribution in [1.29, 1.82) is 0 Å². The van der Waals surface area contributed by atoms with Crippen LogP contribution in [-0.4, -0.2) is 113 Å². The third-order valence-electron chi connectivity index (χ3n) is 9.84. The average molecular weight is 646 g/mol. The zero-order valence-corrected chi connectivity index (χ0v) is 27.0. The summed E-state index contributed by atoms with van der Waals surface area (Å²) < 4.78 is 44.5. The van der Waals surface area contributed by atoms with Crippen LogP contribution in [0.25, 0.3) is 22.0 Å². The molecule has 0 unspecified atom stereocenters. The van der Waals surface area contributed by atoms with Gasteiger partial charge in [0.15, 0.2) is 5.82 Å². The monoisotopic (exact) mass is 645 g/mol. The van der Waals surface area contributed by atoms with E-state index in [2.05, 4.69) is 21.7 Å². The second-order valence-electron chi connectivity index (χ2n) is 12.4. The molecule has 5 heterocycles. The van der Waals surface area contributed by atoms with Crippen LogP contribution >= 0.6 is 11.6 Å². The van der Waals surface area contributed by atoms with Gasteiger partial charge in [0, 0.05) is 61.5 Å². The number of carbonyl (C=O) groups excluding carboxylic acids is 1. The van der Waals surface area contributed by atoms with Crippen LogP contribution < -0.4 is 4.90 Å². The molecule has 2 atom stereocenters. The number of carbonyl (C=O) groups is 1. The fraction of sp³-hybridized carbons (Fsp3) is 0.594. The van der Waals surface area contributed by atoms with Gasteiger partial charge in [-0.15, -0.1) is 0 Å². The van der Waals surface area contributed by atoms with Gasteiger partial charge in [0.2, 0.25) is 5.91 Å². The lowest BCUT2D eigenvalue weighted by molar-refractivity contribution is -0.127. The predicted molar refractivity (Wildman–Crippen MR) is 170 cm³/mol. The summed E-state index contributed by atoms with van der Waals surface area (Å²) in [6, 6.07) is 1.94. The molecule has 45 heavy (non-hydrogen) atoms. The lowest BCUT2D eigenvalue weighted by Crippen LogP contribution is -2.67. The maximum atomic E-state index is 15.5. The highest BCUT2D eigenvalue weighted by atomic mass is 35.5. The van der Waals surface area contributed by atoms with Crippen molar-refractivity contribution in [2.45, 2.75) is 64.1 Å². The van der Waals surface area contributed by atoms with E-state index >= 15 is 8.78 Å². The fourth-order valence-electron chi connectivity index (χ4n) is 7.31. The molecule has 3 aliphatic rings. The molecule has 0 spiro atoms. The normalized spacial score (nSPS) is 23.8. The van der Waals surface area contributed by atoms with E-state index in [1.807, 2.05) is 36.4 Å². The van der Waals surface area contributed by atoms with Crippen molar-refractivity contribution in [3.05, 3.63) is 41.2 Å². The highest BCUT2D eigenvalue weighted by molar-refractivity contribution is 6.36. The third-order valence-corrected chi connectivity index (χ3v) is 10.3. The van der Waals surface area contributed by atoms with Gasteiger partial charge in [-0.3, -0.25) is 19.5 Å². The molecule has 3 aromatic rings. The Kier molecular flexibility index (Phi) is 9.20. The van der Waals surface area contributed by atoms with E-state index in [9.17, 15) is 4.79 Å². The number of nitrogens with zero attached hydrogens (tertiary/aromatic N) is 6. The Balaban J connectivity index is 1.45. The second-order valence-corrected chi connectivity index (χ2v) is 12.8. The Morgan fingerprint density at radius 1 is 1.22 bits per heavy atom. The zero-order valence-electron chi connectivity index (χ0n) is 26.2. The molecule has 1 aromatic carbocycles. The topological polar surface area (TPSA) is 91.8 Å². The molecule has 0 saturated carbocycles. The number of ether oxygens (including phenoxy) is 2. The van der Waals surface area contributed by atoms with Gasteiger partial charge in [-0.05, 0) is 50.8 Å². The number of hydrogen-bond acceptors (Lipinski definition) is 7. The number of aromatic amines is 1. The SMILES string of the molecule is C=CC(=O)N1CCC(n2nc(N3CCN(C[C@@H]4COCCO4)C[C@@]3(CC)C(F)F)c(-c3c(Cl)c(C)cc4[nH]ncc34)c2C)CC1. The maximum absolute atomic E-state index is 15.5. The number of halogens is 3. The number of hydrogen-bond donors (Lipinski definition) is 1. The van der Waals surface area contributed by atoms with Crippen LogP contribution in [0.5, 0.6) is 0 Å². The van der Waals surface area contributed by atoms with Crippen LogP contribution in [0.3, 0.4) is 0 Å². The molecule has 6 rings (SSSR count). The minimum atomic E-state index is -2.64. The Labute approximate surface area is 267 Å². The minimum absolute atomic E-state index is 0.0119. The van der Waals surface area contributed by atoms with Gasteiger partial charge in [-0.1, -0.05) is 25.1 Å². The molecular formula is C32H42ClF2N7O3. The van der Waals surface area contributed by atoms with Crippen LogP contribution in [0.2, 0.25) is 5.02 Å². The van der Waals surface area contributed by atoms with Crippen LogP contribution in [0, 0.1) is 13.8 Å². The standard InChI is InChI=1S/C32H42ClF2N7O3/c1-5-26(43)40-9-7-22(8-10-40)42-21(4)27(28-24-16-36-37-25(24)15-20(3)29(28)33)30(38-42)41-12-11-39(17-23-18-44-13-14-45-23)19-32(41,6-2)31(34)35/h5,15-16,22-23,31H,1,6-14,17-19H2,2-4H3,(H,36,37)/t23-,32+/m1/s1. The van der Waals surface area contributed by atoms with E-state index in [1.165, 1.54) is 6.08 Å². The van der Waals surface area contributed by atoms with Crippen molar-refractivity contribution >= 4 is 34.2 Å². The first-order valence-electron chi connectivity index (χ1n) is 15.8. The first kappa shape index (κ1) is 31.9. The van der Waals surface area contributed by atoms with Crippen molar-refractivity contribution in [1.82, 2.24) is 29.8 Å². The summed E-state index contributed by atoms with van der Waals surface area (Å²) in [5, 5.41) is 13.9. The number of nitrogens with one attached hydrogen (secondary N) is 1. The number of aromatic nitrogens is 4. The number of alkyl halides is 2. The molecule has 3 saturated heterocycles. The van der Waals surface area contributed by atoms with E-state index in [0.29, 0.717) is 76.2 Å². The van der Waals surface area contributed by atoms with Gasteiger partial charge in [0.25, 0.3) is 6.43 Å². The number of anilines is 1. The lowest BCUT2D eigenvalue weighted by atomic mass is 9.89. The average Bonchev–Trinajstić information content (AvgIpc) is 3.65. The van der Waals surface area contributed by atoms with E-state index in [-0.39, 0.29) is 31.0 Å². The summed E-state index contributed by atoms with van der Waals surface area (Å²) >= 11 is 7.08. The number of rotatable bonds is 8. The molecular weight excluding hydrogens is 604 g/mol. The molecule has 1 N–H and O–H groups in total. The van der Waals surface area contributed by atoms with E-state index < -0.39 is 12.0 Å². The van der Waals surface area contributed by atoms with Crippen molar-refractivity contribution < 1.29 is 23.0 Å². The fourth-order valence-corrected chi connectivity index (χ4v) is 7.56. The van der Waals surface area contributed by atoms with Crippen molar-refractivity contribution in [2.24, 2.45) is 0 Å². The lowest BCUT2D eigenvalue weighted by Gasteiger charge is -2.51. The van der Waals surface area contributed by atoms with Gasteiger partial charge >= 0.3 is 0 Å². The Morgan fingerprint density at radius 3 is 2.67 bits per heavy atom. The Bertz CT molecular complexity index is 1550. The zero-order chi connectivity index (χ0) is 31.9. The van der Waals surface area contributed by atoms with Crippen molar-refractivity contribution in [3.8, 4) is 11.1 Å². The van der Waals surface area contributed by atoms with Gasteiger partial charge < -0.3 is 19.3 Å². The third kappa shape index (κ3) is 5.75. The second kappa shape index (κ2) is 13.0. The summed E-state index contributed by atoms with van der Waals surface area (Å²) in [5.74, 6) is 0.416. The molecule has 13 heteroatoms. The molecule has 1 amide bonds. The summed E-state index contributed by atoms with van der Waals surface area (Å²) in [6.45, 7) is 13.7. The highest BCUT2D eigenvalue weighted by Crippen LogP contribution is 2.47. The van der Waals surface area contributed by atoms with Gasteiger partial charge in [0.1, 0.15) is 5.54 Å². The van der Waals surface area contributed by atoms with Crippen molar-refractivity contribution in [3.63, 3.8) is 0 Å². The Hall–Kier alpha value is -3.06. The first-order chi connectivity index (χ1) is 21.7.